The molecule has 0 amide bonds. The average molecular weight is 745 g/mol. The van der Waals surface area contributed by atoms with E-state index in [9.17, 15) is 0 Å². The molecule has 0 spiro atoms. The lowest BCUT2D eigenvalue weighted by molar-refractivity contribution is -0.572. The highest BCUT2D eigenvalue weighted by atomic mass is 16.5. The number of hydrogen-bond acceptors (Lipinski definition) is 2. The fourth-order valence-electron chi connectivity index (χ4n) is 8.53. The number of ether oxygens (including phenoxy) is 1. The van der Waals surface area contributed by atoms with Crippen LogP contribution in [0.25, 0.3) is 61.0 Å². The molecule has 0 bridgehead atoms. The van der Waals surface area contributed by atoms with Gasteiger partial charge in [0.1, 0.15) is 17.3 Å². The van der Waals surface area contributed by atoms with Crippen LogP contribution < -0.4 is 9.30 Å². The van der Waals surface area contributed by atoms with Crippen LogP contribution in [0.3, 0.4) is 0 Å². The summed E-state index contributed by atoms with van der Waals surface area (Å²) in [6.45, 7) is 0. The topological polar surface area (TPSA) is 35.3 Å². The van der Waals surface area contributed by atoms with E-state index in [1.54, 1.807) is 0 Å². The highest BCUT2D eigenvalue weighted by Gasteiger charge is 2.26. The third-order valence-electron chi connectivity index (χ3n) is 11.1. The van der Waals surface area contributed by atoms with E-state index in [4.69, 9.17) is 9.73 Å². The zero-order valence-corrected chi connectivity index (χ0v) is 31.7. The molecule has 0 radical (unpaired) electrons. The first kappa shape index (κ1) is 33.6. The van der Waals surface area contributed by atoms with Crippen molar-refractivity contribution < 1.29 is 9.30 Å². The van der Waals surface area contributed by atoms with Gasteiger partial charge in [0.25, 0.3) is 0 Å². The Balaban J connectivity index is 1.17. The van der Waals surface area contributed by atoms with Crippen LogP contribution in [0.2, 0.25) is 0 Å². The SMILES string of the molecule is Cn1[c-][n+](-c2cccc(Oc3ccc4c5ccccc5n(C5=C(\c6ccccc6)c6ccccc6-c6ccccc6/C(c6ccccc6)=N\5)c4c3)c2)c2ccccc21. The summed E-state index contributed by atoms with van der Waals surface area (Å²) >= 11 is 0. The van der Waals surface area contributed by atoms with E-state index in [0.717, 1.165) is 101 Å². The van der Waals surface area contributed by atoms with Crippen molar-refractivity contribution in [3.8, 4) is 28.3 Å². The zero-order chi connectivity index (χ0) is 38.6. The van der Waals surface area contributed by atoms with Gasteiger partial charge < -0.3 is 13.9 Å². The smallest absolute Gasteiger partial charge is 0.244 e. The van der Waals surface area contributed by atoms with Crippen LogP contribution in [0.1, 0.15) is 22.3 Å². The van der Waals surface area contributed by atoms with Crippen molar-refractivity contribution in [2.24, 2.45) is 12.0 Å². The molecule has 0 fully saturated rings. The van der Waals surface area contributed by atoms with Gasteiger partial charge in [-0.05, 0) is 52.6 Å². The summed E-state index contributed by atoms with van der Waals surface area (Å²) in [7, 11) is 2.02. The number of hydrogen-bond donors (Lipinski definition) is 0. The van der Waals surface area contributed by atoms with Gasteiger partial charge in [-0.15, -0.1) is 0 Å². The van der Waals surface area contributed by atoms with Gasteiger partial charge in [0, 0.05) is 33.5 Å². The van der Waals surface area contributed by atoms with Gasteiger partial charge in [-0.1, -0.05) is 164 Å². The predicted molar refractivity (Wildman–Crippen MR) is 235 cm³/mol. The zero-order valence-electron chi connectivity index (χ0n) is 31.7. The Morgan fingerprint density at radius 3 is 1.88 bits per heavy atom. The molecule has 1 aliphatic rings. The third-order valence-corrected chi connectivity index (χ3v) is 11.1. The lowest BCUT2D eigenvalue weighted by atomic mass is 9.85. The van der Waals surface area contributed by atoms with Gasteiger partial charge in [-0.2, -0.15) is 0 Å². The summed E-state index contributed by atoms with van der Waals surface area (Å²) in [5, 5.41) is 2.26. The quantitative estimate of drug-likeness (QED) is 0.123. The molecular weight excluding hydrogens is 709 g/mol. The standard InChI is InChI=1S/C53H36N4O/c1-55-35-56(49-30-15-14-29-48(49)55)38-21-16-22-39(33-38)58-40-31-32-44-43-25-12-13-28-47(43)57(50(44)34-40)53-51(36-17-4-2-5-18-36)45-26-10-8-23-41(45)42-24-9-11-27-46(42)52(54-53)37-19-6-3-7-20-37/h2-34H,1H3/b42-41?,51-45?,52-46?,53-51+,54-52-,54-53?. The first-order valence-electron chi connectivity index (χ1n) is 19.5. The van der Waals surface area contributed by atoms with Gasteiger partial charge >= 0.3 is 0 Å². The Kier molecular flexibility index (Phi) is 7.97. The van der Waals surface area contributed by atoms with E-state index in [0.29, 0.717) is 0 Å². The van der Waals surface area contributed by atoms with E-state index in [1.807, 2.05) is 23.7 Å². The number of fused-ring (bicyclic) bond motifs is 7. The van der Waals surface area contributed by atoms with Gasteiger partial charge in [0.15, 0.2) is 0 Å². The molecule has 5 heteroatoms. The number of imidazole rings is 1. The van der Waals surface area contributed by atoms with Crippen molar-refractivity contribution >= 4 is 49.9 Å². The number of aryl methyl sites for hydroxylation is 1. The molecule has 5 nitrogen and oxygen atoms in total. The molecule has 1 aliphatic heterocycles. The maximum atomic E-state index is 6.76. The fourth-order valence-corrected chi connectivity index (χ4v) is 8.53. The van der Waals surface area contributed by atoms with Gasteiger partial charge in [0.2, 0.25) is 6.33 Å². The predicted octanol–water partition coefficient (Wildman–Crippen LogP) is 12.0. The van der Waals surface area contributed by atoms with Crippen molar-refractivity contribution in [1.82, 2.24) is 9.13 Å². The summed E-state index contributed by atoms with van der Waals surface area (Å²) in [4.78, 5) is 5.84. The molecule has 10 aromatic rings. The maximum absolute atomic E-state index is 6.76. The van der Waals surface area contributed by atoms with E-state index < -0.39 is 0 Å². The van der Waals surface area contributed by atoms with Crippen molar-refractivity contribution in [3.05, 3.63) is 229 Å². The third kappa shape index (κ3) is 5.55. The Labute approximate surface area is 336 Å². The lowest BCUT2D eigenvalue weighted by Crippen LogP contribution is -2.29. The molecule has 0 unspecified atom stereocenters. The number of para-hydroxylation sites is 3. The molecule has 0 atom stereocenters. The second-order valence-corrected chi connectivity index (χ2v) is 14.6. The first-order chi connectivity index (χ1) is 28.7. The first-order valence-corrected chi connectivity index (χ1v) is 19.5. The van der Waals surface area contributed by atoms with E-state index in [-0.39, 0.29) is 0 Å². The van der Waals surface area contributed by atoms with Crippen LogP contribution in [0, 0.1) is 6.33 Å². The second kappa shape index (κ2) is 13.8. The number of benzene rings is 8. The minimum Gasteiger partial charge on any atom is -0.458 e. The van der Waals surface area contributed by atoms with Crippen molar-refractivity contribution in [3.63, 3.8) is 0 Å². The molecule has 0 saturated heterocycles. The number of aliphatic imine (C=N–C) groups is 1. The molecule has 3 heterocycles. The summed E-state index contributed by atoms with van der Waals surface area (Å²) in [5.41, 5.74) is 13.8. The largest absolute Gasteiger partial charge is 0.458 e. The summed E-state index contributed by atoms with van der Waals surface area (Å²) in [6.07, 6.45) is 3.46. The Morgan fingerprint density at radius 2 is 1.09 bits per heavy atom. The molecule has 0 saturated carbocycles. The highest BCUT2D eigenvalue weighted by molar-refractivity contribution is 6.21. The maximum Gasteiger partial charge on any atom is 0.244 e. The lowest BCUT2D eigenvalue weighted by Gasteiger charge is -2.24. The Bertz CT molecular complexity index is 3260. The summed E-state index contributed by atoms with van der Waals surface area (Å²) in [6, 6.07) is 70.1. The molecule has 274 valence electrons. The van der Waals surface area contributed by atoms with Crippen LogP contribution in [0.15, 0.2) is 205 Å². The molecule has 0 N–H and O–H groups in total. The Morgan fingerprint density at radius 1 is 0.483 bits per heavy atom. The molecule has 0 aliphatic carbocycles. The molecule has 11 rings (SSSR count). The number of rotatable bonds is 6. The monoisotopic (exact) mass is 744 g/mol. The molecule has 58 heavy (non-hydrogen) atoms. The number of nitrogens with zero attached hydrogens (tertiary/aromatic N) is 4. The van der Waals surface area contributed by atoms with Gasteiger partial charge in [-0.3, -0.25) is 4.57 Å². The molecular formula is C53H36N4O. The molecule has 8 aromatic carbocycles. The van der Waals surface area contributed by atoms with E-state index in [1.165, 1.54) is 0 Å². The minimum absolute atomic E-state index is 0.728. The van der Waals surface area contributed by atoms with Crippen molar-refractivity contribution in [1.29, 1.82) is 0 Å². The second-order valence-electron chi connectivity index (χ2n) is 14.6. The van der Waals surface area contributed by atoms with Crippen LogP contribution in [-0.2, 0) is 7.05 Å². The van der Waals surface area contributed by atoms with Crippen LogP contribution in [0.5, 0.6) is 11.5 Å². The summed E-state index contributed by atoms with van der Waals surface area (Å²) < 4.78 is 13.2. The van der Waals surface area contributed by atoms with Crippen molar-refractivity contribution in [2.45, 2.75) is 0 Å². The van der Waals surface area contributed by atoms with Gasteiger partial charge in [0.05, 0.1) is 40.5 Å². The summed E-state index contributed by atoms with van der Waals surface area (Å²) in [5.74, 6) is 2.30. The highest BCUT2D eigenvalue weighted by Crippen LogP contribution is 2.44. The van der Waals surface area contributed by atoms with Crippen LogP contribution in [0.4, 0.5) is 0 Å². The van der Waals surface area contributed by atoms with Crippen molar-refractivity contribution in [2.75, 3.05) is 0 Å². The van der Waals surface area contributed by atoms with Crippen LogP contribution >= 0.6 is 0 Å². The minimum atomic E-state index is 0.728. The fraction of sp³-hybridized carbons (Fsp3) is 0.0189. The van der Waals surface area contributed by atoms with E-state index in [2.05, 4.69) is 204 Å². The number of aromatic nitrogens is 3. The Hall–Kier alpha value is -7.76. The van der Waals surface area contributed by atoms with E-state index >= 15 is 0 Å². The molecule has 2 aromatic heterocycles. The normalized spacial score (nSPS) is 14.7. The van der Waals surface area contributed by atoms with Crippen LogP contribution in [-0.4, -0.2) is 14.8 Å². The van der Waals surface area contributed by atoms with Gasteiger partial charge in [-0.25, -0.2) is 4.99 Å². The average Bonchev–Trinajstić information content (AvgIpc) is 3.79.